The van der Waals surface area contributed by atoms with Crippen LogP contribution in [0.2, 0.25) is 0 Å². The SMILES string of the molecule is c1cc2nc(C3CCCC3)ccn2n1. The van der Waals surface area contributed by atoms with Crippen LogP contribution in [0.15, 0.2) is 24.5 Å². The normalized spacial score (nSPS) is 18.0. The molecule has 0 radical (unpaired) electrons. The van der Waals surface area contributed by atoms with E-state index in [9.17, 15) is 0 Å². The van der Waals surface area contributed by atoms with Crippen LogP contribution >= 0.6 is 0 Å². The number of hydrogen-bond acceptors (Lipinski definition) is 2. The Morgan fingerprint density at radius 2 is 2.07 bits per heavy atom. The fourth-order valence-corrected chi connectivity index (χ4v) is 2.28. The molecule has 0 aromatic carbocycles. The molecule has 3 nitrogen and oxygen atoms in total. The largest absolute Gasteiger partial charge is 0.233 e. The molecule has 0 bridgehead atoms. The van der Waals surface area contributed by atoms with Crippen LogP contribution in [0.3, 0.4) is 0 Å². The van der Waals surface area contributed by atoms with Gasteiger partial charge in [0.05, 0.1) is 6.20 Å². The Bertz CT molecular complexity index is 440. The van der Waals surface area contributed by atoms with Gasteiger partial charge in [0, 0.05) is 23.9 Å². The Hall–Kier alpha value is -1.38. The zero-order valence-corrected chi connectivity index (χ0v) is 8.06. The summed E-state index contributed by atoms with van der Waals surface area (Å²) in [7, 11) is 0. The van der Waals surface area contributed by atoms with E-state index in [4.69, 9.17) is 0 Å². The standard InChI is InChI=1S/C11H13N3/c1-2-4-9(3-1)10-6-8-14-11(13-10)5-7-12-14/h5-9H,1-4H2. The molecule has 0 saturated heterocycles. The van der Waals surface area contributed by atoms with E-state index in [1.807, 2.05) is 16.8 Å². The Morgan fingerprint density at radius 3 is 2.93 bits per heavy atom. The lowest BCUT2D eigenvalue weighted by atomic mass is 10.0. The Balaban J connectivity index is 2.04. The number of nitrogens with zero attached hydrogens (tertiary/aromatic N) is 3. The van der Waals surface area contributed by atoms with E-state index in [1.54, 1.807) is 6.20 Å². The summed E-state index contributed by atoms with van der Waals surface area (Å²) in [6.07, 6.45) is 9.12. The summed E-state index contributed by atoms with van der Waals surface area (Å²) in [5.41, 5.74) is 2.21. The molecule has 3 rings (SSSR count). The van der Waals surface area contributed by atoms with E-state index in [-0.39, 0.29) is 0 Å². The van der Waals surface area contributed by atoms with E-state index in [0.717, 1.165) is 5.65 Å². The zero-order valence-electron chi connectivity index (χ0n) is 8.06. The average molecular weight is 187 g/mol. The van der Waals surface area contributed by atoms with Crippen molar-refractivity contribution in [2.75, 3.05) is 0 Å². The second-order valence-electron chi connectivity index (χ2n) is 3.97. The lowest BCUT2D eigenvalue weighted by Crippen LogP contribution is -1.99. The van der Waals surface area contributed by atoms with Gasteiger partial charge in [-0.3, -0.25) is 0 Å². The molecule has 72 valence electrons. The van der Waals surface area contributed by atoms with Gasteiger partial charge in [0.1, 0.15) is 0 Å². The lowest BCUT2D eigenvalue weighted by molar-refractivity contribution is 0.694. The van der Waals surface area contributed by atoms with Crippen molar-refractivity contribution in [3.05, 3.63) is 30.2 Å². The second-order valence-corrected chi connectivity index (χ2v) is 3.97. The summed E-state index contributed by atoms with van der Waals surface area (Å²) in [4.78, 5) is 4.62. The summed E-state index contributed by atoms with van der Waals surface area (Å²) in [5.74, 6) is 0.690. The molecule has 1 fully saturated rings. The second kappa shape index (κ2) is 3.08. The maximum Gasteiger partial charge on any atom is 0.155 e. The van der Waals surface area contributed by atoms with Crippen LogP contribution in [-0.2, 0) is 0 Å². The van der Waals surface area contributed by atoms with E-state index < -0.39 is 0 Å². The van der Waals surface area contributed by atoms with Gasteiger partial charge in [-0.1, -0.05) is 12.8 Å². The van der Waals surface area contributed by atoms with Crippen molar-refractivity contribution >= 4 is 5.65 Å². The first-order chi connectivity index (χ1) is 6.93. The lowest BCUT2D eigenvalue weighted by Gasteiger charge is -2.07. The molecule has 2 aromatic heterocycles. The predicted molar refractivity (Wildman–Crippen MR) is 54.2 cm³/mol. The Morgan fingerprint density at radius 1 is 1.21 bits per heavy atom. The molecule has 0 aliphatic heterocycles. The van der Waals surface area contributed by atoms with Gasteiger partial charge in [0.25, 0.3) is 0 Å². The van der Waals surface area contributed by atoms with Gasteiger partial charge >= 0.3 is 0 Å². The van der Waals surface area contributed by atoms with Crippen LogP contribution in [-0.4, -0.2) is 14.6 Å². The average Bonchev–Trinajstić information content (AvgIpc) is 2.88. The molecular weight excluding hydrogens is 174 g/mol. The molecule has 0 N–H and O–H groups in total. The highest BCUT2D eigenvalue weighted by molar-refractivity contribution is 5.37. The molecule has 14 heavy (non-hydrogen) atoms. The van der Waals surface area contributed by atoms with E-state index in [1.165, 1.54) is 31.4 Å². The topological polar surface area (TPSA) is 30.2 Å². The molecule has 0 unspecified atom stereocenters. The molecule has 1 aliphatic rings. The molecule has 3 heteroatoms. The van der Waals surface area contributed by atoms with Crippen molar-refractivity contribution in [2.45, 2.75) is 31.6 Å². The van der Waals surface area contributed by atoms with Gasteiger partial charge in [0.2, 0.25) is 0 Å². The van der Waals surface area contributed by atoms with Crippen molar-refractivity contribution in [2.24, 2.45) is 0 Å². The molecule has 2 aromatic rings. The van der Waals surface area contributed by atoms with Crippen LogP contribution in [0, 0.1) is 0 Å². The van der Waals surface area contributed by atoms with Crippen molar-refractivity contribution < 1.29 is 0 Å². The highest BCUT2D eigenvalue weighted by atomic mass is 15.2. The van der Waals surface area contributed by atoms with Gasteiger partial charge in [-0.15, -0.1) is 0 Å². The summed E-state index contributed by atoms with van der Waals surface area (Å²) in [6.45, 7) is 0. The number of rotatable bonds is 1. The van der Waals surface area contributed by atoms with Gasteiger partial charge < -0.3 is 0 Å². The van der Waals surface area contributed by atoms with Crippen LogP contribution < -0.4 is 0 Å². The fraction of sp³-hybridized carbons (Fsp3) is 0.455. The van der Waals surface area contributed by atoms with Crippen molar-refractivity contribution in [1.82, 2.24) is 14.6 Å². The third-order valence-electron chi connectivity index (χ3n) is 3.05. The van der Waals surface area contributed by atoms with Crippen molar-refractivity contribution in [3.63, 3.8) is 0 Å². The molecule has 1 saturated carbocycles. The highest BCUT2D eigenvalue weighted by Gasteiger charge is 2.18. The minimum absolute atomic E-state index is 0.690. The minimum Gasteiger partial charge on any atom is -0.233 e. The molecule has 0 atom stereocenters. The molecule has 1 aliphatic carbocycles. The smallest absolute Gasteiger partial charge is 0.155 e. The minimum atomic E-state index is 0.690. The summed E-state index contributed by atoms with van der Waals surface area (Å²) in [6, 6.07) is 4.06. The maximum absolute atomic E-state index is 4.62. The number of aromatic nitrogens is 3. The van der Waals surface area contributed by atoms with Gasteiger partial charge in [-0.25, -0.2) is 9.50 Å². The maximum atomic E-state index is 4.62. The Labute approximate surface area is 82.8 Å². The summed E-state index contributed by atoms with van der Waals surface area (Å²) >= 11 is 0. The van der Waals surface area contributed by atoms with Gasteiger partial charge in [0.15, 0.2) is 5.65 Å². The number of fused-ring (bicyclic) bond motifs is 1. The third-order valence-corrected chi connectivity index (χ3v) is 3.05. The van der Waals surface area contributed by atoms with E-state index in [2.05, 4.69) is 16.1 Å². The monoisotopic (exact) mass is 187 g/mol. The van der Waals surface area contributed by atoms with Crippen LogP contribution in [0.1, 0.15) is 37.3 Å². The number of hydrogen-bond donors (Lipinski definition) is 0. The van der Waals surface area contributed by atoms with Gasteiger partial charge in [-0.2, -0.15) is 5.10 Å². The predicted octanol–water partition coefficient (Wildman–Crippen LogP) is 2.39. The first kappa shape index (κ1) is 7.97. The highest BCUT2D eigenvalue weighted by Crippen LogP contribution is 2.32. The first-order valence-electron chi connectivity index (χ1n) is 5.24. The fourth-order valence-electron chi connectivity index (χ4n) is 2.28. The molecule has 0 spiro atoms. The molecule has 2 heterocycles. The van der Waals surface area contributed by atoms with Gasteiger partial charge in [-0.05, 0) is 18.9 Å². The van der Waals surface area contributed by atoms with E-state index in [0.29, 0.717) is 5.92 Å². The summed E-state index contributed by atoms with van der Waals surface area (Å²) in [5, 5.41) is 4.14. The van der Waals surface area contributed by atoms with E-state index >= 15 is 0 Å². The van der Waals surface area contributed by atoms with Crippen molar-refractivity contribution in [3.8, 4) is 0 Å². The van der Waals surface area contributed by atoms with Crippen LogP contribution in [0.4, 0.5) is 0 Å². The van der Waals surface area contributed by atoms with Crippen molar-refractivity contribution in [1.29, 1.82) is 0 Å². The molecular formula is C11H13N3. The quantitative estimate of drug-likeness (QED) is 0.686. The molecule has 0 amide bonds. The van der Waals surface area contributed by atoms with Crippen LogP contribution in [0.5, 0.6) is 0 Å². The van der Waals surface area contributed by atoms with Crippen LogP contribution in [0.25, 0.3) is 5.65 Å². The first-order valence-corrected chi connectivity index (χ1v) is 5.24. The zero-order chi connectivity index (χ0) is 9.38. The summed E-state index contributed by atoms with van der Waals surface area (Å²) < 4.78 is 1.82. The Kier molecular flexibility index (Phi) is 1.76. The third kappa shape index (κ3) is 1.20.